The lowest BCUT2D eigenvalue weighted by atomic mass is 10.0. The van der Waals surface area contributed by atoms with Gasteiger partial charge in [-0.05, 0) is 12.1 Å². The predicted octanol–water partition coefficient (Wildman–Crippen LogP) is 7.06. The molecule has 14 heteroatoms. The summed E-state index contributed by atoms with van der Waals surface area (Å²) >= 11 is 8.72. The van der Waals surface area contributed by atoms with Gasteiger partial charge >= 0.3 is 11.9 Å². The van der Waals surface area contributed by atoms with Crippen LogP contribution in [0.4, 0.5) is 4.39 Å². The molecule has 2 unspecified atom stereocenters. The highest BCUT2D eigenvalue weighted by Gasteiger charge is 2.24. The Bertz CT molecular complexity index is 1760. The maximum Gasteiger partial charge on any atom is 0.306 e. The van der Waals surface area contributed by atoms with Gasteiger partial charge in [-0.25, -0.2) is 4.39 Å². The van der Waals surface area contributed by atoms with Gasteiger partial charge in [0.25, 0.3) is 0 Å². The van der Waals surface area contributed by atoms with Crippen molar-refractivity contribution < 1.29 is 53.1 Å². The lowest BCUT2D eigenvalue weighted by Gasteiger charge is -2.14. The molecular formula is C30H28ClFO10S2. The van der Waals surface area contributed by atoms with Crippen molar-refractivity contribution in [2.45, 2.75) is 33.1 Å². The van der Waals surface area contributed by atoms with Gasteiger partial charge in [-0.3, -0.25) is 19.2 Å². The first kappa shape index (κ1) is 33.0. The Morgan fingerprint density at radius 2 is 1.34 bits per heavy atom. The molecule has 0 radical (unpaired) electrons. The molecule has 3 N–H and O–H groups in total. The van der Waals surface area contributed by atoms with E-state index in [0.717, 1.165) is 11.3 Å². The van der Waals surface area contributed by atoms with E-state index < -0.39 is 46.9 Å². The van der Waals surface area contributed by atoms with Gasteiger partial charge in [0.2, 0.25) is 0 Å². The van der Waals surface area contributed by atoms with E-state index in [9.17, 15) is 24.3 Å². The predicted molar refractivity (Wildman–Crippen MR) is 164 cm³/mol. The molecule has 0 amide bonds. The summed E-state index contributed by atoms with van der Waals surface area (Å²) in [5, 5.41) is 29.4. The van der Waals surface area contributed by atoms with Crippen LogP contribution < -0.4 is 14.2 Å². The van der Waals surface area contributed by atoms with Crippen LogP contribution in [0.2, 0.25) is 5.02 Å². The van der Waals surface area contributed by atoms with Crippen molar-refractivity contribution >= 4 is 78.0 Å². The zero-order valence-corrected chi connectivity index (χ0v) is 26.2. The number of halogens is 2. The number of carbonyl (C=O) groups is 4. The van der Waals surface area contributed by atoms with E-state index in [2.05, 4.69) is 0 Å². The molecule has 10 nitrogen and oxygen atoms in total. The van der Waals surface area contributed by atoms with Crippen LogP contribution in [0.3, 0.4) is 0 Å². The van der Waals surface area contributed by atoms with Crippen molar-refractivity contribution in [3.63, 3.8) is 0 Å². The van der Waals surface area contributed by atoms with Crippen molar-refractivity contribution in [3.05, 3.63) is 44.9 Å². The molecule has 0 saturated heterocycles. The number of thiophene rings is 2. The number of phenolic OH excluding ortho intramolecular Hbond substituents is 1. The van der Waals surface area contributed by atoms with Gasteiger partial charge in [-0.2, -0.15) is 0 Å². The number of carbonyl (C=O) groups excluding carboxylic acids is 2. The quantitative estimate of drug-likeness (QED) is 0.0886. The molecule has 0 bridgehead atoms. The maximum atomic E-state index is 15.2. The SMILES string of the molecule is COc1cc2sc(C(=O)CC(C)C(=O)O)cc2c(Cl)c1OCCCOc1c(O)cc2sc(C(=O)CC(C)C(=O)O)cc2c1F. The standard InChI is InChI=1S/C30H28ClFO10S2/c1-13(29(36)37)7-17(33)23-9-15-22(44-23)12-20(40-3)28(25(15)31)42-6-4-5-41-27-19(35)11-21-16(26(27)32)10-24(43-21)18(34)8-14(2)30(38)39/h9-14,35H,4-8H2,1-3H3,(H,36,37)(H,38,39). The first-order valence-corrected chi connectivity index (χ1v) is 15.4. The molecule has 0 fully saturated rings. The number of phenols is 1. The fraction of sp³-hybridized carbons (Fsp3) is 0.333. The number of ketones is 2. The number of hydrogen-bond donors (Lipinski definition) is 3. The molecular weight excluding hydrogens is 639 g/mol. The summed E-state index contributed by atoms with van der Waals surface area (Å²) in [4.78, 5) is 47.8. The number of Topliss-reactive ketones (excluding diaryl/α,β-unsaturated/α-hetero) is 2. The largest absolute Gasteiger partial charge is 0.504 e. The average molecular weight is 667 g/mol. The van der Waals surface area contributed by atoms with E-state index in [0.29, 0.717) is 25.4 Å². The highest BCUT2D eigenvalue weighted by Crippen LogP contribution is 2.45. The smallest absolute Gasteiger partial charge is 0.306 e. The molecule has 0 aliphatic carbocycles. The number of benzene rings is 2. The third-order valence-electron chi connectivity index (χ3n) is 6.76. The molecule has 0 aliphatic heterocycles. The molecule has 0 spiro atoms. The van der Waals surface area contributed by atoms with Crippen molar-refractivity contribution in [2.75, 3.05) is 20.3 Å². The van der Waals surface area contributed by atoms with E-state index in [4.69, 9.17) is 36.0 Å². The minimum atomic E-state index is -1.11. The van der Waals surface area contributed by atoms with E-state index in [1.807, 2.05) is 0 Å². The zero-order valence-electron chi connectivity index (χ0n) is 23.8. The van der Waals surface area contributed by atoms with E-state index in [1.54, 1.807) is 12.1 Å². The van der Waals surface area contributed by atoms with Crippen LogP contribution in [0.25, 0.3) is 20.2 Å². The van der Waals surface area contributed by atoms with E-state index >= 15 is 4.39 Å². The third kappa shape index (κ3) is 7.06. The van der Waals surface area contributed by atoms with Crippen LogP contribution in [0.5, 0.6) is 23.0 Å². The maximum absolute atomic E-state index is 15.2. The summed E-state index contributed by atoms with van der Waals surface area (Å²) in [6, 6.07) is 5.86. The Morgan fingerprint density at radius 1 is 0.841 bits per heavy atom. The highest BCUT2D eigenvalue weighted by molar-refractivity contribution is 7.21. The van der Waals surface area contributed by atoms with Crippen LogP contribution >= 0.6 is 34.3 Å². The second-order valence-electron chi connectivity index (χ2n) is 10.1. The Hall–Kier alpha value is -3.94. The van der Waals surface area contributed by atoms with Gasteiger partial charge in [0.05, 0.1) is 46.9 Å². The molecule has 0 aliphatic rings. The molecule has 0 saturated carbocycles. The summed E-state index contributed by atoms with van der Waals surface area (Å²) in [7, 11) is 1.43. The number of methoxy groups -OCH3 is 1. The second kappa shape index (κ2) is 13.8. The van der Waals surface area contributed by atoms with Gasteiger partial charge in [-0.1, -0.05) is 25.4 Å². The number of aliphatic carboxylic acids is 2. The number of hydrogen-bond acceptors (Lipinski definition) is 10. The van der Waals surface area contributed by atoms with Gasteiger partial charge in [0, 0.05) is 51.6 Å². The van der Waals surface area contributed by atoms with Crippen LogP contribution in [0.1, 0.15) is 52.5 Å². The molecule has 4 rings (SSSR count). The Labute approximate surface area is 263 Å². The van der Waals surface area contributed by atoms with Crippen molar-refractivity contribution in [3.8, 4) is 23.0 Å². The van der Waals surface area contributed by atoms with Gasteiger partial charge in [0.1, 0.15) is 0 Å². The second-order valence-corrected chi connectivity index (χ2v) is 12.6. The minimum absolute atomic E-state index is 0.0525. The van der Waals surface area contributed by atoms with Crippen molar-refractivity contribution in [2.24, 2.45) is 11.8 Å². The minimum Gasteiger partial charge on any atom is -0.504 e. The summed E-state index contributed by atoms with van der Waals surface area (Å²) in [6.07, 6.45) is -0.144. The molecule has 44 heavy (non-hydrogen) atoms. The first-order chi connectivity index (χ1) is 20.8. The summed E-state index contributed by atoms with van der Waals surface area (Å²) in [6.45, 7) is 2.88. The fourth-order valence-electron chi connectivity index (χ4n) is 4.24. The van der Waals surface area contributed by atoms with Crippen molar-refractivity contribution in [1.82, 2.24) is 0 Å². The zero-order chi connectivity index (χ0) is 32.3. The molecule has 4 aromatic rings. The Balaban J connectivity index is 1.42. The molecule has 2 aromatic carbocycles. The van der Waals surface area contributed by atoms with Crippen LogP contribution in [-0.4, -0.2) is 59.1 Å². The van der Waals surface area contributed by atoms with E-state index in [1.165, 1.54) is 44.4 Å². The average Bonchev–Trinajstić information content (AvgIpc) is 3.60. The van der Waals surface area contributed by atoms with Crippen molar-refractivity contribution in [1.29, 1.82) is 0 Å². The summed E-state index contributed by atoms with van der Waals surface area (Å²) in [5.74, 6) is -5.80. The normalized spacial score (nSPS) is 12.7. The summed E-state index contributed by atoms with van der Waals surface area (Å²) in [5.41, 5.74) is 0. The number of ether oxygens (including phenoxy) is 3. The van der Waals surface area contributed by atoms with Gasteiger partial charge < -0.3 is 29.5 Å². The van der Waals surface area contributed by atoms with Crippen LogP contribution in [-0.2, 0) is 9.59 Å². The number of carboxylic acids is 2. The van der Waals surface area contributed by atoms with Gasteiger partial charge in [-0.15, -0.1) is 22.7 Å². The Kier molecular flexibility index (Phi) is 10.3. The van der Waals surface area contributed by atoms with E-state index in [-0.39, 0.29) is 59.3 Å². The molecule has 2 aromatic heterocycles. The number of rotatable bonds is 15. The third-order valence-corrected chi connectivity index (χ3v) is 9.38. The topological polar surface area (TPSA) is 157 Å². The monoisotopic (exact) mass is 666 g/mol. The number of carboxylic acid groups (broad SMARTS) is 2. The summed E-state index contributed by atoms with van der Waals surface area (Å²) < 4.78 is 33.0. The first-order valence-electron chi connectivity index (χ1n) is 13.3. The lowest BCUT2D eigenvalue weighted by molar-refractivity contribution is -0.141. The molecule has 2 atom stereocenters. The number of fused-ring (bicyclic) bond motifs is 2. The van der Waals surface area contributed by atoms with Crippen LogP contribution in [0, 0.1) is 17.7 Å². The lowest BCUT2D eigenvalue weighted by Crippen LogP contribution is -2.13. The number of aromatic hydroxyl groups is 1. The highest BCUT2D eigenvalue weighted by atomic mass is 35.5. The Morgan fingerprint density at radius 3 is 1.86 bits per heavy atom. The fourth-order valence-corrected chi connectivity index (χ4v) is 6.69. The molecule has 234 valence electrons. The van der Waals surface area contributed by atoms with Crippen LogP contribution in [0.15, 0.2) is 24.3 Å². The van der Waals surface area contributed by atoms with Gasteiger partial charge in [0.15, 0.2) is 40.4 Å². The molecule has 2 heterocycles.